The van der Waals surface area contributed by atoms with Gasteiger partial charge in [-0.2, -0.15) is 0 Å². The molecule has 0 N–H and O–H groups in total. The maximum absolute atomic E-state index is 11.3. The van der Waals surface area contributed by atoms with Gasteiger partial charge in [0.25, 0.3) is 5.89 Å². The van der Waals surface area contributed by atoms with Gasteiger partial charge < -0.3 is 9.15 Å². The Kier molecular flexibility index (Phi) is 3.83. The third kappa shape index (κ3) is 2.80. The van der Waals surface area contributed by atoms with Crippen molar-refractivity contribution in [2.45, 2.75) is 13.5 Å². The molecule has 0 radical (unpaired) electrons. The maximum atomic E-state index is 11.3. The lowest BCUT2D eigenvalue weighted by atomic mass is 10.2. The summed E-state index contributed by atoms with van der Waals surface area (Å²) in [5.41, 5.74) is 0.990. The molecule has 0 aliphatic carbocycles. The normalized spacial score (nSPS) is 10.3. The minimum atomic E-state index is -0.668. The summed E-state index contributed by atoms with van der Waals surface area (Å²) < 4.78 is 11.3. The van der Waals surface area contributed by atoms with Crippen LogP contribution in [0.3, 0.4) is 0 Å². The molecule has 5 nitrogen and oxygen atoms in total. The summed E-state index contributed by atoms with van der Waals surface area (Å²) in [6, 6.07) is 7.52. The van der Waals surface area contributed by atoms with E-state index in [9.17, 15) is 4.79 Å². The first-order valence-corrected chi connectivity index (χ1v) is 5.94. The summed E-state index contributed by atoms with van der Waals surface area (Å²) >= 11 is 8.58. The fourth-order valence-corrected chi connectivity index (χ4v) is 1.60. The molecule has 0 fully saturated rings. The van der Waals surface area contributed by atoms with Crippen molar-refractivity contribution in [3.8, 4) is 5.75 Å². The minimum Gasteiger partial charge on any atom is -0.484 e. The van der Waals surface area contributed by atoms with Crippen molar-refractivity contribution in [2.24, 2.45) is 0 Å². The molecular formula is C11H10N2O3S2. The Morgan fingerprint density at radius 1 is 1.56 bits per heavy atom. The highest BCUT2D eigenvalue weighted by Gasteiger charge is 2.10. The van der Waals surface area contributed by atoms with Crippen LogP contribution in [-0.2, 0) is 6.61 Å². The highest BCUT2D eigenvalue weighted by molar-refractivity contribution is 8.11. The van der Waals surface area contributed by atoms with Crippen molar-refractivity contribution in [3.63, 3.8) is 0 Å². The number of hydrogen-bond acceptors (Lipinski definition) is 5. The fraction of sp³-hybridized carbons (Fsp3) is 0.182. The van der Waals surface area contributed by atoms with Gasteiger partial charge in [-0.15, -0.1) is 22.4 Å². The second-order valence-electron chi connectivity index (χ2n) is 3.51. The summed E-state index contributed by atoms with van der Waals surface area (Å²) in [6.45, 7) is 1.98. The van der Waals surface area contributed by atoms with E-state index in [1.807, 2.05) is 31.2 Å². The van der Waals surface area contributed by atoms with E-state index in [-0.39, 0.29) is 16.8 Å². The van der Waals surface area contributed by atoms with Crippen LogP contribution in [0.1, 0.15) is 11.5 Å². The first kappa shape index (κ1) is 12.8. The van der Waals surface area contributed by atoms with Crippen molar-refractivity contribution in [1.82, 2.24) is 9.78 Å². The third-order valence-electron chi connectivity index (χ3n) is 2.22. The number of thiocarbonyl (C=S) groups is 1. The second kappa shape index (κ2) is 5.36. The van der Waals surface area contributed by atoms with Gasteiger partial charge in [0.05, 0.1) is 0 Å². The van der Waals surface area contributed by atoms with Gasteiger partial charge in [0.1, 0.15) is 5.75 Å². The average molecular weight is 282 g/mol. The van der Waals surface area contributed by atoms with Crippen molar-refractivity contribution in [2.75, 3.05) is 0 Å². The maximum Gasteiger partial charge on any atom is 0.443 e. The molecule has 0 aliphatic heterocycles. The van der Waals surface area contributed by atoms with Crippen LogP contribution in [0.25, 0.3) is 0 Å². The van der Waals surface area contributed by atoms with Crippen molar-refractivity contribution in [3.05, 3.63) is 46.3 Å². The van der Waals surface area contributed by atoms with Crippen LogP contribution in [0.15, 0.2) is 33.5 Å². The Balaban J connectivity index is 2.12. The summed E-state index contributed by atoms with van der Waals surface area (Å²) in [4.78, 5) is 11.3. The molecule has 0 spiro atoms. The van der Waals surface area contributed by atoms with Gasteiger partial charge in [0, 0.05) is 0 Å². The molecule has 0 unspecified atom stereocenters. The molecule has 0 bridgehead atoms. The van der Waals surface area contributed by atoms with Crippen molar-refractivity contribution in [1.29, 1.82) is 0 Å². The second-order valence-corrected chi connectivity index (χ2v) is 4.62. The number of thiol groups is 1. The van der Waals surface area contributed by atoms with E-state index >= 15 is 0 Å². The molecule has 1 aromatic heterocycles. The molecule has 0 saturated heterocycles. The topological polar surface area (TPSA) is 57.3 Å². The largest absolute Gasteiger partial charge is 0.484 e. The quantitative estimate of drug-likeness (QED) is 0.687. The minimum absolute atomic E-state index is 0.0332. The predicted molar refractivity (Wildman–Crippen MR) is 73.3 cm³/mol. The van der Waals surface area contributed by atoms with Gasteiger partial charge in [-0.1, -0.05) is 30.4 Å². The predicted octanol–water partition coefficient (Wildman–Crippen LogP) is 1.79. The lowest BCUT2D eigenvalue weighted by Gasteiger charge is -2.05. The van der Waals surface area contributed by atoms with Crippen LogP contribution in [0.5, 0.6) is 5.75 Å². The number of para-hydroxylation sites is 1. The summed E-state index contributed by atoms with van der Waals surface area (Å²) in [5.74, 6) is 0.196. The van der Waals surface area contributed by atoms with Crippen molar-refractivity contribution < 1.29 is 9.15 Å². The number of ether oxygens (including phenoxy) is 1. The molecule has 7 heteroatoms. The van der Waals surface area contributed by atoms with Gasteiger partial charge in [-0.05, 0) is 18.6 Å². The van der Waals surface area contributed by atoms with Crippen LogP contribution >= 0.6 is 24.8 Å². The van der Waals surface area contributed by atoms with E-state index in [4.69, 9.17) is 21.4 Å². The molecule has 0 aliphatic rings. The molecule has 2 rings (SSSR count). The highest BCUT2D eigenvalue weighted by atomic mass is 32.1. The van der Waals surface area contributed by atoms with E-state index in [2.05, 4.69) is 17.7 Å². The number of rotatable bonds is 3. The van der Waals surface area contributed by atoms with Crippen LogP contribution in [0, 0.1) is 6.92 Å². The van der Waals surface area contributed by atoms with Gasteiger partial charge in [0.2, 0.25) is 0 Å². The number of aryl methyl sites for hydroxylation is 1. The van der Waals surface area contributed by atoms with E-state index in [0.717, 1.165) is 10.2 Å². The summed E-state index contributed by atoms with van der Waals surface area (Å²) in [5, 5.41) is 3.85. The van der Waals surface area contributed by atoms with Crippen LogP contribution < -0.4 is 10.5 Å². The van der Waals surface area contributed by atoms with Gasteiger partial charge >= 0.3 is 5.76 Å². The van der Waals surface area contributed by atoms with Crippen LogP contribution in [0.4, 0.5) is 0 Å². The van der Waals surface area contributed by atoms with Gasteiger partial charge in [-0.25, -0.2) is 4.79 Å². The molecule has 0 amide bonds. The van der Waals surface area contributed by atoms with E-state index in [1.165, 1.54) is 0 Å². The van der Waals surface area contributed by atoms with E-state index in [1.54, 1.807) is 0 Å². The first-order chi connectivity index (χ1) is 8.58. The fourth-order valence-electron chi connectivity index (χ4n) is 1.35. The zero-order chi connectivity index (χ0) is 13.1. The smallest absolute Gasteiger partial charge is 0.443 e. The Hall–Kier alpha value is -1.60. The van der Waals surface area contributed by atoms with E-state index < -0.39 is 5.76 Å². The SMILES string of the molecule is Cc1ccccc1OCc1nn(C(=S)S)c(=O)o1. The van der Waals surface area contributed by atoms with Crippen LogP contribution in [0.2, 0.25) is 0 Å². The standard InChI is InChI=1S/C11H10N2O3S2/c1-7-4-2-3-5-8(7)15-6-9-12-13(11(17)18)10(14)16-9/h2-5H,6H2,1H3,(H,17,18). The number of aromatic nitrogens is 2. The van der Waals surface area contributed by atoms with Gasteiger partial charge in [0.15, 0.2) is 10.9 Å². The summed E-state index contributed by atoms with van der Waals surface area (Å²) in [7, 11) is 0. The molecule has 1 aromatic carbocycles. The first-order valence-electron chi connectivity index (χ1n) is 5.08. The molecule has 1 heterocycles. The van der Waals surface area contributed by atoms with E-state index in [0.29, 0.717) is 5.75 Å². The number of nitrogens with zero attached hydrogens (tertiary/aromatic N) is 2. The number of hydrogen-bond donors (Lipinski definition) is 1. The monoisotopic (exact) mass is 282 g/mol. The molecule has 0 saturated carbocycles. The zero-order valence-electron chi connectivity index (χ0n) is 9.49. The molecule has 94 valence electrons. The van der Waals surface area contributed by atoms with Crippen molar-refractivity contribution >= 4 is 29.2 Å². The summed E-state index contributed by atoms with van der Waals surface area (Å²) in [6.07, 6.45) is 0. The lowest BCUT2D eigenvalue weighted by Crippen LogP contribution is -2.18. The number of benzene rings is 1. The molecule has 0 atom stereocenters. The lowest BCUT2D eigenvalue weighted by molar-refractivity contribution is 0.258. The highest BCUT2D eigenvalue weighted by Crippen LogP contribution is 2.17. The Bertz CT molecular complexity index is 633. The zero-order valence-corrected chi connectivity index (χ0v) is 11.2. The Labute approximate surface area is 114 Å². The van der Waals surface area contributed by atoms with Gasteiger partial charge in [-0.3, -0.25) is 0 Å². The molecule has 18 heavy (non-hydrogen) atoms. The Morgan fingerprint density at radius 2 is 2.28 bits per heavy atom. The Morgan fingerprint density at radius 3 is 2.89 bits per heavy atom. The van der Waals surface area contributed by atoms with Crippen LogP contribution in [-0.4, -0.2) is 14.1 Å². The molecular weight excluding hydrogens is 272 g/mol. The average Bonchev–Trinajstić information content (AvgIpc) is 2.70. The third-order valence-corrected chi connectivity index (χ3v) is 2.58. The molecule has 2 aromatic rings.